The van der Waals surface area contributed by atoms with Crippen LogP contribution in [-0.2, 0) is 11.0 Å². The van der Waals surface area contributed by atoms with E-state index in [1.807, 2.05) is 30.3 Å². The van der Waals surface area contributed by atoms with Crippen LogP contribution >= 0.6 is 0 Å². The standard InChI is InChI=1S/C20H20F3N3O/c21-20(22,23)14-6-7-16-15(12-14)17(13-4-2-1-3-5-13)26-19(18(27)25-16)8-10-24-11-9-19/h1-7,12,17,24,26H,8-11H2,(H,25,27). The number of piperidine rings is 1. The Kier molecular flexibility index (Phi) is 4.44. The molecule has 2 aromatic carbocycles. The van der Waals surface area contributed by atoms with Gasteiger partial charge in [-0.3, -0.25) is 10.1 Å². The molecule has 2 aliphatic heterocycles. The van der Waals surface area contributed by atoms with E-state index in [2.05, 4.69) is 16.0 Å². The van der Waals surface area contributed by atoms with Gasteiger partial charge in [-0.25, -0.2) is 0 Å². The van der Waals surface area contributed by atoms with Gasteiger partial charge < -0.3 is 10.6 Å². The van der Waals surface area contributed by atoms with Crippen LogP contribution in [0.1, 0.15) is 35.6 Å². The molecule has 0 bridgehead atoms. The maximum Gasteiger partial charge on any atom is 0.416 e. The average molecular weight is 375 g/mol. The number of amides is 1. The normalized spacial score (nSPS) is 22.0. The number of fused-ring (bicyclic) bond motifs is 1. The lowest BCUT2D eigenvalue weighted by Crippen LogP contribution is -2.59. The number of hydrogen-bond acceptors (Lipinski definition) is 3. The van der Waals surface area contributed by atoms with E-state index < -0.39 is 23.3 Å². The predicted molar refractivity (Wildman–Crippen MR) is 96.3 cm³/mol. The van der Waals surface area contributed by atoms with Crippen molar-refractivity contribution in [3.05, 3.63) is 65.2 Å². The van der Waals surface area contributed by atoms with Gasteiger partial charge in [0.05, 0.1) is 11.6 Å². The molecule has 7 heteroatoms. The third kappa shape index (κ3) is 3.33. The average Bonchev–Trinajstić information content (AvgIpc) is 2.77. The molecule has 2 aromatic rings. The summed E-state index contributed by atoms with van der Waals surface area (Å²) >= 11 is 0. The summed E-state index contributed by atoms with van der Waals surface area (Å²) in [4.78, 5) is 13.0. The molecule has 1 saturated heterocycles. The number of carbonyl (C=O) groups is 1. The lowest BCUT2D eigenvalue weighted by atomic mass is 9.85. The molecular formula is C20H20F3N3O. The van der Waals surface area contributed by atoms with Gasteiger partial charge in [0.2, 0.25) is 5.91 Å². The SMILES string of the molecule is O=C1Nc2ccc(C(F)(F)F)cc2C(c2ccccc2)NC12CCNCC2. The molecule has 2 heterocycles. The molecule has 0 aliphatic carbocycles. The van der Waals surface area contributed by atoms with E-state index in [4.69, 9.17) is 0 Å². The first-order valence-electron chi connectivity index (χ1n) is 8.95. The lowest BCUT2D eigenvalue weighted by Gasteiger charge is -2.38. The lowest BCUT2D eigenvalue weighted by molar-refractivity contribution is -0.137. The van der Waals surface area contributed by atoms with Gasteiger partial charge in [0.1, 0.15) is 5.54 Å². The van der Waals surface area contributed by atoms with E-state index in [1.54, 1.807) is 0 Å². The largest absolute Gasteiger partial charge is 0.416 e. The van der Waals surface area contributed by atoms with Gasteiger partial charge in [-0.2, -0.15) is 13.2 Å². The highest BCUT2D eigenvalue weighted by molar-refractivity contribution is 6.00. The van der Waals surface area contributed by atoms with Crippen molar-refractivity contribution in [3.63, 3.8) is 0 Å². The van der Waals surface area contributed by atoms with Crippen LogP contribution < -0.4 is 16.0 Å². The minimum absolute atomic E-state index is 0.191. The van der Waals surface area contributed by atoms with Crippen molar-refractivity contribution < 1.29 is 18.0 Å². The molecule has 4 nitrogen and oxygen atoms in total. The molecule has 2 aliphatic rings. The van der Waals surface area contributed by atoms with Crippen LogP contribution in [0, 0.1) is 0 Å². The maximum atomic E-state index is 13.3. The summed E-state index contributed by atoms with van der Waals surface area (Å²) in [6.45, 7) is 1.35. The third-order valence-electron chi connectivity index (χ3n) is 5.38. The van der Waals surface area contributed by atoms with Crippen molar-refractivity contribution in [2.45, 2.75) is 30.6 Å². The zero-order valence-corrected chi connectivity index (χ0v) is 14.6. The van der Waals surface area contributed by atoms with Crippen LogP contribution in [0.25, 0.3) is 0 Å². The topological polar surface area (TPSA) is 53.2 Å². The number of carbonyl (C=O) groups excluding carboxylic acids is 1. The van der Waals surface area contributed by atoms with E-state index in [1.165, 1.54) is 6.07 Å². The summed E-state index contributed by atoms with van der Waals surface area (Å²) in [5, 5.41) is 9.51. The van der Waals surface area contributed by atoms with Crippen molar-refractivity contribution in [3.8, 4) is 0 Å². The molecule has 0 aromatic heterocycles. The molecule has 27 heavy (non-hydrogen) atoms. The van der Waals surface area contributed by atoms with E-state index >= 15 is 0 Å². The van der Waals surface area contributed by atoms with E-state index in [0.717, 1.165) is 17.7 Å². The first-order chi connectivity index (χ1) is 12.9. The number of benzene rings is 2. The highest BCUT2D eigenvalue weighted by atomic mass is 19.4. The highest BCUT2D eigenvalue weighted by Crippen LogP contribution is 2.39. The Bertz CT molecular complexity index is 845. The number of alkyl halides is 3. The van der Waals surface area contributed by atoms with E-state index in [-0.39, 0.29) is 5.91 Å². The van der Waals surface area contributed by atoms with Crippen molar-refractivity contribution >= 4 is 11.6 Å². The van der Waals surface area contributed by atoms with E-state index in [9.17, 15) is 18.0 Å². The van der Waals surface area contributed by atoms with Crippen molar-refractivity contribution in [1.29, 1.82) is 0 Å². The van der Waals surface area contributed by atoms with Crippen LogP contribution in [0.3, 0.4) is 0 Å². The first kappa shape index (κ1) is 18.0. The highest BCUT2D eigenvalue weighted by Gasteiger charge is 2.44. The molecule has 1 spiro atoms. The molecule has 1 fully saturated rings. The van der Waals surface area contributed by atoms with Crippen molar-refractivity contribution in [2.75, 3.05) is 18.4 Å². The summed E-state index contributed by atoms with van der Waals surface area (Å²) < 4.78 is 39.9. The number of halogens is 3. The summed E-state index contributed by atoms with van der Waals surface area (Å²) in [5.74, 6) is -0.191. The molecule has 1 atom stereocenters. The zero-order valence-electron chi connectivity index (χ0n) is 14.6. The van der Waals surface area contributed by atoms with Gasteiger partial charge in [0, 0.05) is 5.69 Å². The maximum absolute atomic E-state index is 13.3. The Morgan fingerprint density at radius 1 is 1.00 bits per heavy atom. The second-order valence-electron chi connectivity index (χ2n) is 7.07. The van der Waals surface area contributed by atoms with Crippen LogP contribution in [0.5, 0.6) is 0 Å². The van der Waals surface area contributed by atoms with Crippen LogP contribution in [0.2, 0.25) is 0 Å². The van der Waals surface area contributed by atoms with Crippen LogP contribution in [0.15, 0.2) is 48.5 Å². The first-order valence-corrected chi connectivity index (χ1v) is 8.95. The quantitative estimate of drug-likeness (QED) is 0.716. The van der Waals surface area contributed by atoms with Crippen LogP contribution in [0.4, 0.5) is 18.9 Å². The fraction of sp³-hybridized carbons (Fsp3) is 0.350. The summed E-state index contributed by atoms with van der Waals surface area (Å²) in [6.07, 6.45) is -3.30. The molecular weight excluding hydrogens is 355 g/mol. The minimum atomic E-state index is -4.45. The van der Waals surface area contributed by atoms with Crippen LogP contribution in [-0.4, -0.2) is 24.5 Å². The molecule has 1 unspecified atom stereocenters. The molecule has 142 valence electrons. The minimum Gasteiger partial charge on any atom is -0.324 e. The van der Waals surface area contributed by atoms with Gasteiger partial charge in [0.25, 0.3) is 0 Å². The van der Waals surface area contributed by atoms with Gasteiger partial charge in [-0.15, -0.1) is 0 Å². The third-order valence-corrected chi connectivity index (χ3v) is 5.38. The molecule has 0 radical (unpaired) electrons. The summed E-state index contributed by atoms with van der Waals surface area (Å²) in [6, 6.07) is 12.3. The molecule has 1 amide bonds. The molecule has 3 N–H and O–H groups in total. The van der Waals surface area contributed by atoms with Gasteiger partial charge in [-0.1, -0.05) is 30.3 Å². The Balaban J connectivity index is 1.86. The summed E-state index contributed by atoms with van der Waals surface area (Å²) in [7, 11) is 0. The van der Waals surface area contributed by atoms with Crippen molar-refractivity contribution in [2.24, 2.45) is 0 Å². The number of hydrogen-bond donors (Lipinski definition) is 3. The Morgan fingerprint density at radius 3 is 2.37 bits per heavy atom. The number of rotatable bonds is 1. The predicted octanol–water partition coefficient (Wildman–Crippen LogP) is 3.46. The van der Waals surface area contributed by atoms with Gasteiger partial charge in [0.15, 0.2) is 0 Å². The Labute approximate surface area is 155 Å². The van der Waals surface area contributed by atoms with Crippen molar-refractivity contribution in [1.82, 2.24) is 10.6 Å². The smallest absolute Gasteiger partial charge is 0.324 e. The fourth-order valence-corrected chi connectivity index (χ4v) is 3.89. The molecule has 0 saturated carbocycles. The summed E-state index contributed by atoms with van der Waals surface area (Å²) in [5.41, 5.74) is 0.139. The Morgan fingerprint density at radius 2 is 1.70 bits per heavy atom. The number of nitrogens with one attached hydrogen (secondary N) is 3. The Hall–Kier alpha value is -2.38. The molecule has 4 rings (SSSR count). The second-order valence-corrected chi connectivity index (χ2v) is 7.07. The van der Waals surface area contributed by atoms with Gasteiger partial charge >= 0.3 is 6.18 Å². The van der Waals surface area contributed by atoms with E-state index in [0.29, 0.717) is 37.2 Å². The second kappa shape index (κ2) is 6.65. The zero-order chi connectivity index (χ0) is 19.1. The fourth-order valence-electron chi connectivity index (χ4n) is 3.89. The monoisotopic (exact) mass is 375 g/mol. The van der Waals surface area contributed by atoms with Gasteiger partial charge in [-0.05, 0) is 55.3 Å². The number of anilines is 1.